The van der Waals surface area contributed by atoms with E-state index in [1.807, 2.05) is 4.90 Å². The molecular weight excluding hydrogens is 390 g/mol. The molecule has 1 amide bonds. The van der Waals surface area contributed by atoms with Crippen LogP contribution in [0.5, 0.6) is 0 Å². The van der Waals surface area contributed by atoms with E-state index in [0.29, 0.717) is 49.9 Å². The van der Waals surface area contributed by atoms with Gasteiger partial charge in [-0.1, -0.05) is 6.92 Å². The zero-order valence-electron chi connectivity index (χ0n) is 16.9. The molecule has 1 aromatic rings. The van der Waals surface area contributed by atoms with E-state index < -0.39 is 15.8 Å². The van der Waals surface area contributed by atoms with Gasteiger partial charge in [0.05, 0.1) is 5.56 Å². The first-order valence-corrected chi connectivity index (χ1v) is 11.9. The van der Waals surface area contributed by atoms with Crippen molar-refractivity contribution in [3.63, 3.8) is 0 Å². The first kappa shape index (κ1) is 21.5. The maximum absolute atomic E-state index is 12.6. The summed E-state index contributed by atoms with van der Waals surface area (Å²) in [6, 6.07) is 5.53. The lowest BCUT2D eigenvalue weighted by atomic mass is 9.88. The normalized spacial score (nSPS) is 23.3. The van der Waals surface area contributed by atoms with Crippen LogP contribution in [0.4, 0.5) is 5.82 Å². The number of nitrogens with zero attached hydrogens (tertiary/aromatic N) is 4. The van der Waals surface area contributed by atoms with Crippen LogP contribution in [0, 0.1) is 17.2 Å². The molecule has 9 heteroatoms. The van der Waals surface area contributed by atoms with Gasteiger partial charge in [0.1, 0.15) is 17.6 Å². The Morgan fingerprint density at radius 2 is 2.00 bits per heavy atom. The molecule has 1 aromatic heterocycles. The fourth-order valence-corrected chi connectivity index (χ4v) is 5.38. The molecule has 3 rings (SSSR count). The lowest BCUT2D eigenvalue weighted by Crippen LogP contribution is -2.44. The molecule has 1 aliphatic heterocycles. The van der Waals surface area contributed by atoms with Crippen LogP contribution < -0.4 is 9.62 Å². The number of amides is 1. The summed E-state index contributed by atoms with van der Waals surface area (Å²) in [6.07, 6.45) is 6.04. The van der Waals surface area contributed by atoms with E-state index in [-0.39, 0.29) is 11.9 Å². The minimum atomic E-state index is -3.65. The number of sulfonamides is 1. The number of carbonyl (C=O) groups excluding carboxylic acids is 1. The second-order valence-corrected chi connectivity index (χ2v) is 9.80. The van der Waals surface area contributed by atoms with E-state index in [9.17, 15) is 18.5 Å². The van der Waals surface area contributed by atoms with Gasteiger partial charge < -0.3 is 9.80 Å². The van der Waals surface area contributed by atoms with Crippen LogP contribution >= 0.6 is 0 Å². The highest BCUT2D eigenvalue weighted by Crippen LogP contribution is 2.24. The summed E-state index contributed by atoms with van der Waals surface area (Å²) in [6.45, 7) is 4.28. The third-order valence-corrected chi connectivity index (χ3v) is 7.05. The number of carbonyl (C=O) groups is 1. The third kappa shape index (κ3) is 5.90. The number of rotatable bonds is 5. The topological polar surface area (TPSA) is 106 Å². The number of pyridine rings is 1. The van der Waals surface area contributed by atoms with Crippen LogP contribution in [0.3, 0.4) is 0 Å². The smallest absolute Gasteiger partial charge is 0.239 e. The SMILES string of the molecule is CC1CCC(NS(=O)(=O)CC(=O)N2CCCN(c3ncccc3C#N)CC2)CC1. The number of hydrogen-bond acceptors (Lipinski definition) is 6. The molecule has 2 heterocycles. The van der Waals surface area contributed by atoms with Crippen LogP contribution in [0.15, 0.2) is 18.3 Å². The molecule has 1 aliphatic carbocycles. The first-order chi connectivity index (χ1) is 13.9. The summed E-state index contributed by atoms with van der Waals surface area (Å²) >= 11 is 0. The number of nitriles is 1. The molecular formula is C20H29N5O3S. The Morgan fingerprint density at radius 1 is 1.24 bits per heavy atom. The van der Waals surface area contributed by atoms with Crippen LogP contribution in [0.25, 0.3) is 0 Å². The average Bonchev–Trinajstić information content (AvgIpc) is 2.95. The Bertz CT molecular complexity index is 859. The standard InChI is InChI=1S/C20H29N5O3S/c1-16-5-7-18(8-6-16)23-29(27,28)15-19(26)24-10-3-11-25(13-12-24)20-17(14-21)4-2-9-22-20/h2,4,9,16,18,23H,3,5-8,10-13,15H2,1H3. The molecule has 0 atom stereocenters. The molecule has 0 unspecified atom stereocenters. The molecule has 0 spiro atoms. The fourth-order valence-electron chi connectivity index (χ4n) is 4.04. The number of anilines is 1. The van der Waals surface area contributed by atoms with Gasteiger partial charge >= 0.3 is 0 Å². The van der Waals surface area contributed by atoms with E-state index in [1.165, 1.54) is 0 Å². The molecule has 1 saturated carbocycles. The first-order valence-electron chi connectivity index (χ1n) is 10.3. The fraction of sp³-hybridized carbons (Fsp3) is 0.650. The van der Waals surface area contributed by atoms with Crippen LogP contribution in [0.1, 0.15) is 44.6 Å². The van der Waals surface area contributed by atoms with E-state index in [2.05, 4.69) is 22.7 Å². The van der Waals surface area contributed by atoms with Crippen LogP contribution in [-0.4, -0.2) is 62.2 Å². The molecule has 29 heavy (non-hydrogen) atoms. The van der Waals surface area contributed by atoms with Gasteiger partial charge in [0.15, 0.2) is 0 Å². The molecule has 2 fully saturated rings. The summed E-state index contributed by atoms with van der Waals surface area (Å²) in [7, 11) is -3.65. The zero-order chi connectivity index (χ0) is 20.9. The average molecular weight is 420 g/mol. The van der Waals surface area contributed by atoms with Crippen molar-refractivity contribution in [1.82, 2.24) is 14.6 Å². The monoisotopic (exact) mass is 419 g/mol. The Labute approximate surface area is 172 Å². The predicted octanol–water partition coefficient (Wildman–Crippen LogP) is 1.49. The minimum Gasteiger partial charge on any atom is -0.354 e. The predicted molar refractivity (Wildman–Crippen MR) is 111 cm³/mol. The van der Waals surface area contributed by atoms with Gasteiger partial charge in [0.2, 0.25) is 15.9 Å². The highest BCUT2D eigenvalue weighted by Gasteiger charge is 2.28. The van der Waals surface area contributed by atoms with Crippen LogP contribution in [-0.2, 0) is 14.8 Å². The van der Waals surface area contributed by atoms with Gasteiger partial charge in [-0.25, -0.2) is 18.1 Å². The third-order valence-electron chi connectivity index (χ3n) is 5.73. The quantitative estimate of drug-likeness (QED) is 0.775. The van der Waals surface area contributed by atoms with Gasteiger partial charge in [-0.3, -0.25) is 4.79 Å². The molecule has 0 radical (unpaired) electrons. The highest BCUT2D eigenvalue weighted by molar-refractivity contribution is 7.90. The molecule has 158 valence electrons. The van der Waals surface area contributed by atoms with Gasteiger partial charge in [-0.05, 0) is 50.2 Å². The summed E-state index contributed by atoms with van der Waals surface area (Å²) < 4.78 is 27.7. The van der Waals surface area contributed by atoms with E-state index in [4.69, 9.17) is 0 Å². The van der Waals surface area contributed by atoms with E-state index >= 15 is 0 Å². The maximum Gasteiger partial charge on any atom is 0.239 e. The Balaban J connectivity index is 1.56. The Hall–Kier alpha value is -2.18. The highest BCUT2D eigenvalue weighted by atomic mass is 32.2. The molecule has 1 saturated heterocycles. The number of hydrogen-bond donors (Lipinski definition) is 1. The van der Waals surface area contributed by atoms with Gasteiger partial charge in [0, 0.05) is 38.4 Å². The Morgan fingerprint density at radius 3 is 2.72 bits per heavy atom. The second-order valence-electron chi connectivity index (χ2n) is 8.04. The van der Waals surface area contributed by atoms with Crippen molar-refractivity contribution in [2.45, 2.75) is 45.1 Å². The van der Waals surface area contributed by atoms with Crippen molar-refractivity contribution in [1.29, 1.82) is 5.26 Å². The van der Waals surface area contributed by atoms with Crippen molar-refractivity contribution in [2.24, 2.45) is 5.92 Å². The molecule has 1 N–H and O–H groups in total. The van der Waals surface area contributed by atoms with Gasteiger partial charge in [0.25, 0.3) is 0 Å². The lowest BCUT2D eigenvalue weighted by molar-refractivity contribution is -0.128. The molecule has 8 nitrogen and oxygen atoms in total. The summed E-state index contributed by atoms with van der Waals surface area (Å²) in [5, 5.41) is 9.28. The van der Waals surface area contributed by atoms with E-state index in [1.54, 1.807) is 23.2 Å². The van der Waals surface area contributed by atoms with Crippen molar-refractivity contribution in [3.8, 4) is 6.07 Å². The lowest BCUT2D eigenvalue weighted by Gasteiger charge is -2.27. The molecule has 2 aliphatic rings. The summed E-state index contributed by atoms with van der Waals surface area (Å²) in [4.78, 5) is 20.6. The number of nitrogens with one attached hydrogen (secondary N) is 1. The molecule has 0 aromatic carbocycles. The summed E-state index contributed by atoms with van der Waals surface area (Å²) in [5.41, 5.74) is 0.501. The van der Waals surface area contributed by atoms with Crippen LogP contribution in [0.2, 0.25) is 0 Å². The molecule has 0 bridgehead atoms. The second kappa shape index (κ2) is 9.55. The summed E-state index contributed by atoms with van der Waals surface area (Å²) in [5.74, 6) is 0.375. The van der Waals surface area contributed by atoms with E-state index in [0.717, 1.165) is 25.7 Å². The maximum atomic E-state index is 12.6. The largest absolute Gasteiger partial charge is 0.354 e. The van der Waals surface area contributed by atoms with Crippen molar-refractivity contribution >= 4 is 21.7 Å². The Kier molecular flexibility index (Phi) is 7.09. The van der Waals surface area contributed by atoms with Crippen molar-refractivity contribution in [2.75, 3.05) is 36.8 Å². The van der Waals surface area contributed by atoms with Crippen molar-refractivity contribution in [3.05, 3.63) is 23.9 Å². The minimum absolute atomic E-state index is 0.0582. The number of aromatic nitrogens is 1. The van der Waals surface area contributed by atoms with Gasteiger partial charge in [-0.2, -0.15) is 5.26 Å². The van der Waals surface area contributed by atoms with Crippen molar-refractivity contribution < 1.29 is 13.2 Å². The zero-order valence-corrected chi connectivity index (χ0v) is 17.7. The van der Waals surface area contributed by atoms with Gasteiger partial charge in [-0.15, -0.1) is 0 Å².